The van der Waals surface area contributed by atoms with Crippen molar-refractivity contribution in [2.45, 2.75) is 58.8 Å². The summed E-state index contributed by atoms with van der Waals surface area (Å²) in [6.07, 6.45) is 3.82. The first-order chi connectivity index (χ1) is 19.2. The minimum atomic E-state index is -0.429. The van der Waals surface area contributed by atoms with Crippen molar-refractivity contribution in [1.82, 2.24) is 25.1 Å². The number of nitrogens with one attached hydrogen (secondary N) is 2. The molecule has 40 heavy (non-hydrogen) atoms. The molecule has 0 saturated carbocycles. The van der Waals surface area contributed by atoms with Gasteiger partial charge in [-0.25, -0.2) is 9.78 Å². The molecule has 0 bridgehead atoms. The van der Waals surface area contributed by atoms with Crippen LogP contribution in [-0.4, -0.2) is 71.0 Å². The zero-order valence-electron chi connectivity index (χ0n) is 24.3. The molecule has 2 amide bonds. The van der Waals surface area contributed by atoms with Gasteiger partial charge in [-0.2, -0.15) is 0 Å². The Balaban J connectivity index is 1.02. The van der Waals surface area contributed by atoms with Crippen molar-refractivity contribution in [3.05, 3.63) is 59.4 Å². The summed E-state index contributed by atoms with van der Waals surface area (Å²) in [5, 5.41) is 2.98. The highest BCUT2D eigenvalue weighted by Crippen LogP contribution is 2.28. The van der Waals surface area contributed by atoms with E-state index >= 15 is 0 Å². The van der Waals surface area contributed by atoms with Crippen molar-refractivity contribution in [1.29, 1.82) is 0 Å². The molecule has 2 aliphatic heterocycles. The van der Waals surface area contributed by atoms with Crippen molar-refractivity contribution in [3.8, 4) is 5.75 Å². The van der Waals surface area contributed by atoms with Gasteiger partial charge in [0.1, 0.15) is 11.3 Å². The van der Waals surface area contributed by atoms with Gasteiger partial charge in [0.25, 0.3) is 5.91 Å². The second kappa shape index (κ2) is 12.0. The molecule has 5 rings (SSSR count). The summed E-state index contributed by atoms with van der Waals surface area (Å²) in [5.41, 5.74) is 3.35. The number of hydrogen-bond donors (Lipinski definition) is 2. The van der Waals surface area contributed by atoms with Crippen LogP contribution in [0, 0.1) is 18.8 Å². The highest BCUT2D eigenvalue weighted by atomic mass is 16.6. The van der Waals surface area contributed by atoms with Gasteiger partial charge in [-0.3, -0.25) is 4.79 Å². The number of H-pyrrole nitrogens is 1. The summed E-state index contributed by atoms with van der Waals surface area (Å²) in [6, 6.07) is 13.5. The number of aryl methyl sites for hydroxylation is 1. The first kappa shape index (κ1) is 28.1. The second-order valence-electron chi connectivity index (χ2n) is 12.6. The number of likely N-dealkylation sites (tertiary alicyclic amines) is 2. The maximum Gasteiger partial charge on any atom is 0.412 e. The van der Waals surface area contributed by atoms with Crippen LogP contribution < -0.4 is 10.1 Å². The topological polar surface area (TPSA) is 90.6 Å². The van der Waals surface area contributed by atoms with Gasteiger partial charge >= 0.3 is 6.09 Å². The molecule has 2 aromatic carbocycles. The summed E-state index contributed by atoms with van der Waals surface area (Å²) in [5.74, 6) is 2.58. The Morgan fingerprint density at radius 2 is 1.70 bits per heavy atom. The van der Waals surface area contributed by atoms with Gasteiger partial charge in [-0.15, -0.1) is 0 Å². The number of rotatable bonds is 6. The van der Waals surface area contributed by atoms with Crippen molar-refractivity contribution < 1.29 is 14.3 Å². The van der Waals surface area contributed by atoms with Gasteiger partial charge in [0.05, 0.1) is 5.52 Å². The number of amides is 2. The molecule has 3 aromatic rings. The van der Waals surface area contributed by atoms with Crippen LogP contribution in [0.15, 0.2) is 42.5 Å². The molecule has 2 saturated heterocycles. The maximum atomic E-state index is 12.9. The number of nitrogens with zero attached hydrogens (tertiary/aromatic N) is 3. The van der Waals surface area contributed by atoms with Gasteiger partial charge in [0.15, 0.2) is 5.75 Å². The highest BCUT2D eigenvalue weighted by Gasteiger charge is 2.27. The number of fused-ring (bicyclic) bond motifs is 1. The van der Waals surface area contributed by atoms with Crippen molar-refractivity contribution in [2.24, 2.45) is 11.8 Å². The van der Waals surface area contributed by atoms with Gasteiger partial charge in [-0.1, -0.05) is 44.5 Å². The van der Waals surface area contributed by atoms with Gasteiger partial charge < -0.3 is 24.8 Å². The first-order valence-electron chi connectivity index (χ1n) is 14.7. The van der Waals surface area contributed by atoms with Crippen molar-refractivity contribution >= 4 is 23.0 Å². The largest absolute Gasteiger partial charge is 0.412 e. The second-order valence-corrected chi connectivity index (χ2v) is 12.6. The van der Waals surface area contributed by atoms with Crippen LogP contribution in [-0.2, 0) is 5.41 Å². The smallest absolute Gasteiger partial charge is 0.408 e. The molecule has 1 aromatic heterocycles. The quantitative estimate of drug-likeness (QED) is 0.426. The van der Waals surface area contributed by atoms with E-state index in [1.807, 2.05) is 48.2 Å². The number of carbonyl (C=O) groups excluding carboxylic acids is 2. The standard InChI is InChI=1S/C32H43N5O3/c1-22-7-5-8-25(19-22)29(38)37-17-13-24(14-18-37)21-36-15-11-23(12-16-36)20-33-31(39)40-27-10-6-9-26-28(27)35-30(34-26)32(2,3)4/h5-10,19,23-24H,11-18,20-21H2,1-4H3,(H,33,39)(H,34,35). The molecule has 8 heteroatoms. The number of hydrogen-bond acceptors (Lipinski definition) is 5. The minimum absolute atomic E-state index is 0.120. The number of imidazole rings is 1. The lowest BCUT2D eigenvalue weighted by Gasteiger charge is -2.37. The van der Waals surface area contributed by atoms with E-state index < -0.39 is 6.09 Å². The van der Waals surface area contributed by atoms with E-state index in [2.05, 4.69) is 41.0 Å². The third-order valence-electron chi connectivity index (χ3n) is 8.31. The zero-order chi connectivity index (χ0) is 28.3. The molecule has 2 fully saturated rings. The number of benzene rings is 2. The molecular formula is C32H43N5O3. The molecular weight excluding hydrogens is 502 g/mol. The van der Waals surface area contributed by atoms with Crippen LogP contribution in [0.5, 0.6) is 5.75 Å². The van der Waals surface area contributed by atoms with Gasteiger partial charge in [-0.05, 0) is 81.8 Å². The van der Waals surface area contributed by atoms with Crippen LogP contribution in [0.3, 0.4) is 0 Å². The van der Waals surface area contributed by atoms with Crippen LogP contribution in [0.25, 0.3) is 11.0 Å². The number of piperidine rings is 2. The fourth-order valence-corrected chi connectivity index (χ4v) is 5.82. The summed E-state index contributed by atoms with van der Waals surface area (Å²) >= 11 is 0. The Kier molecular flexibility index (Phi) is 8.45. The fourth-order valence-electron chi connectivity index (χ4n) is 5.82. The Morgan fingerprint density at radius 3 is 2.40 bits per heavy atom. The van der Waals surface area contributed by atoms with Crippen LogP contribution in [0.4, 0.5) is 4.79 Å². The number of ether oxygens (including phenoxy) is 1. The Morgan fingerprint density at radius 1 is 1.00 bits per heavy atom. The fraction of sp³-hybridized carbons (Fsp3) is 0.531. The lowest BCUT2D eigenvalue weighted by Crippen LogP contribution is -2.44. The average Bonchev–Trinajstić information content (AvgIpc) is 3.39. The van der Waals surface area contributed by atoms with Gasteiger partial charge in [0, 0.05) is 37.2 Å². The molecule has 0 spiro atoms. The first-order valence-corrected chi connectivity index (χ1v) is 14.7. The molecule has 8 nitrogen and oxygen atoms in total. The Bertz CT molecular complexity index is 1330. The lowest BCUT2D eigenvalue weighted by atomic mass is 9.92. The van der Waals surface area contributed by atoms with E-state index in [1.165, 1.54) is 0 Å². The highest BCUT2D eigenvalue weighted by molar-refractivity contribution is 5.94. The Hall–Kier alpha value is -3.39. The third kappa shape index (κ3) is 6.84. The lowest BCUT2D eigenvalue weighted by molar-refractivity contribution is 0.0652. The third-order valence-corrected chi connectivity index (χ3v) is 8.31. The summed E-state index contributed by atoms with van der Waals surface area (Å²) in [4.78, 5) is 38.1. The van der Waals surface area contributed by atoms with Gasteiger partial charge in [0.2, 0.25) is 0 Å². The summed E-state index contributed by atoms with van der Waals surface area (Å²) in [6.45, 7) is 13.8. The molecule has 214 valence electrons. The Labute approximate surface area is 237 Å². The average molecular weight is 546 g/mol. The van der Waals surface area contributed by atoms with E-state index in [4.69, 9.17) is 4.74 Å². The van der Waals surface area contributed by atoms with Crippen LogP contribution in [0.1, 0.15) is 68.2 Å². The summed E-state index contributed by atoms with van der Waals surface area (Å²) < 4.78 is 5.65. The normalized spacial score (nSPS) is 17.8. The van der Waals surface area contributed by atoms with E-state index in [0.29, 0.717) is 29.6 Å². The molecule has 0 unspecified atom stereocenters. The summed E-state index contributed by atoms with van der Waals surface area (Å²) in [7, 11) is 0. The molecule has 2 N–H and O–H groups in total. The monoisotopic (exact) mass is 545 g/mol. The SMILES string of the molecule is Cc1cccc(C(=O)N2CCC(CN3CCC(CNC(=O)Oc4cccc5[nH]c(C(C)(C)C)nc45)CC3)CC2)c1. The molecule has 0 aliphatic carbocycles. The molecule has 0 radical (unpaired) electrons. The van der Waals surface area contributed by atoms with Crippen LogP contribution >= 0.6 is 0 Å². The van der Waals surface area contributed by atoms with Crippen molar-refractivity contribution in [3.63, 3.8) is 0 Å². The number of para-hydroxylation sites is 1. The number of aromatic amines is 1. The van der Waals surface area contributed by atoms with E-state index in [0.717, 1.165) is 80.9 Å². The van der Waals surface area contributed by atoms with E-state index in [1.54, 1.807) is 6.07 Å². The zero-order valence-corrected chi connectivity index (χ0v) is 24.3. The van der Waals surface area contributed by atoms with E-state index in [9.17, 15) is 9.59 Å². The molecule has 0 atom stereocenters. The number of carbonyl (C=O) groups is 2. The molecule has 2 aliphatic rings. The molecule has 3 heterocycles. The van der Waals surface area contributed by atoms with E-state index in [-0.39, 0.29) is 11.3 Å². The van der Waals surface area contributed by atoms with Crippen LogP contribution in [0.2, 0.25) is 0 Å². The van der Waals surface area contributed by atoms with Crippen molar-refractivity contribution in [2.75, 3.05) is 39.3 Å². The predicted octanol–water partition coefficient (Wildman–Crippen LogP) is 5.52. The maximum absolute atomic E-state index is 12.9. The minimum Gasteiger partial charge on any atom is -0.408 e. The predicted molar refractivity (Wildman–Crippen MR) is 158 cm³/mol. The number of aromatic nitrogens is 2.